The first-order valence-corrected chi connectivity index (χ1v) is 7.84. The highest BCUT2D eigenvalue weighted by Crippen LogP contribution is 2.47. The summed E-state index contributed by atoms with van der Waals surface area (Å²) < 4.78 is 6.29. The highest BCUT2D eigenvalue weighted by molar-refractivity contribution is 5.21. The maximum Gasteiger partial charge on any atom is 0.0681 e. The largest absolute Gasteiger partial charge is 0.369 e. The van der Waals surface area contributed by atoms with E-state index in [2.05, 4.69) is 70.3 Å². The molecule has 1 aliphatic rings. The quantitative estimate of drug-likeness (QED) is 0.864. The van der Waals surface area contributed by atoms with Gasteiger partial charge in [0.05, 0.1) is 11.2 Å². The Kier molecular flexibility index (Phi) is 4.55. The van der Waals surface area contributed by atoms with Gasteiger partial charge < -0.3 is 10.1 Å². The molecule has 0 spiro atoms. The van der Waals surface area contributed by atoms with Gasteiger partial charge in [0.25, 0.3) is 0 Å². The van der Waals surface area contributed by atoms with Crippen LogP contribution in [-0.2, 0) is 4.74 Å². The first kappa shape index (κ1) is 15.5. The molecule has 0 radical (unpaired) electrons. The molecule has 0 aromatic heterocycles. The fourth-order valence-electron chi connectivity index (χ4n) is 3.58. The first-order chi connectivity index (χ1) is 9.36. The maximum atomic E-state index is 6.29. The topological polar surface area (TPSA) is 21.3 Å². The van der Waals surface area contributed by atoms with Crippen molar-refractivity contribution in [3.8, 4) is 0 Å². The second-order valence-electron chi connectivity index (χ2n) is 7.12. The van der Waals surface area contributed by atoms with Gasteiger partial charge in [-0.2, -0.15) is 0 Å². The average Bonchev–Trinajstić information content (AvgIpc) is 2.59. The standard InChI is InChI=1S/C18H29NO/c1-6-12-19-16(14-10-8-7-9-11-14)15-13-17(2,3)20-18(15,4)5/h7-11,15-16,19H,6,12-13H2,1-5H3. The molecule has 2 rings (SSSR count). The fourth-order valence-corrected chi connectivity index (χ4v) is 3.58. The van der Waals surface area contributed by atoms with Crippen LogP contribution in [0.3, 0.4) is 0 Å². The van der Waals surface area contributed by atoms with Crippen molar-refractivity contribution < 1.29 is 4.74 Å². The van der Waals surface area contributed by atoms with Crippen molar-refractivity contribution in [3.63, 3.8) is 0 Å². The van der Waals surface area contributed by atoms with E-state index >= 15 is 0 Å². The van der Waals surface area contributed by atoms with Crippen molar-refractivity contribution in [2.45, 2.75) is 64.7 Å². The van der Waals surface area contributed by atoms with Gasteiger partial charge in [-0.15, -0.1) is 0 Å². The minimum absolute atomic E-state index is 0.0326. The van der Waals surface area contributed by atoms with E-state index in [1.165, 1.54) is 5.56 Å². The lowest BCUT2D eigenvalue weighted by atomic mass is 9.79. The van der Waals surface area contributed by atoms with Crippen LogP contribution >= 0.6 is 0 Å². The van der Waals surface area contributed by atoms with Crippen molar-refractivity contribution in [1.82, 2.24) is 5.32 Å². The Morgan fingerprint density at radius 3 is 2.35 bits per heavy atom. The smallest absolute Gasteiger partial charge is 0.0681 e. The minimum atomic E-state index is -0.0925. The number of hydrogen-bond acceptors (Lipinski definition) is 2. The zero-order valence-electron chi connectivity index (χ0n) is 13.6. The van der Waals surface area contributed by atoms with E-state index in [-0.39, 0.29) is 11.2 Å². The lowest BCUT2D eigenvalue weighted by molar-refractivity contribution is -0.0778. The number of rotatable bonds is 5. The lowest BCUT2D eigenvalue weighted by Crippen LogP contribution is -2.38. The average molecular weight is 275 g/mol. The van der Waals surface area contributed by atoms with E-state index in [0.29, 0.717) is 12.0 Å². The van der Waals surface area contributed by atoms with Gasteiger partial charge in [-0.3, -0.25) is 0 Å². The molecule has 1 fully saturated rings. The van der Waals surface area contributed by atoms with Crippen LogP contribution in [0.15, 0.2) is 30.3 Å². The summed E-state index contributed by atoms with van der Waals surface area (Å²) in [4.78, 5) is 0. The van der Waals surface area contributed by atoms with Crippen LogP contribution in [0.4, 0.5) is 0 Å². The Bertz CT molecular complexity index is 424. The molecule has 112 valence electrons. The highest BCUT2D eigenvalue weighted by Gasteiger charge is 2.49. The van der Waals surface area contributed by atoms with E-state index in [4.69, 9.17) is 4.74 Å². The van der Waals surface area contributed by atoms with Gasteiger partial charge >= 0.3 is 0 Å². The Hall–Kier alpha value is -0.860. The minimum Gasteiger partial charge on any atom is -0.369 e. The third-order valence-electron chi connectivity index (χ3n) is 4.32. The number of ether oxygens (including phenoxy) is 1. The predicted molar refractivity (Wildman–Crippen MR) is 84.8 cm³/mol. The first-order valence-electron chi connectivity index (χ1n) is 7.84. The molecular formula is C18H29NO. The van der Waals surface area contributed by atoms with Crippen LogP contribution in [0.5, 0.6) is 0 Å². The predicted octanol–water partition coefficient (Wildman–Crippen LogP) is 4.32. The Morgan fingerprint density at radius 2 is 1.85 bits per heavy atom. The van der Waals surface area contributed by atoms with Crippen molar-refractivity contribution >= 4 is 0 Å². The number of hydrogen-bond donors (Lipinski definition) is 1. The Morgan fingerprint density at radius 1 is 1.20 bits per heavy atom. The lowest BCUT2D eigenvalue weighted by Gasteiger charge is -2.34. The van der Waals surface area contributed by atoms with Gasteiger partial charge in [-0.25, -0.2) is 0 Å². The molecule has 1 aliphatic heterocycles. The molecule has 1 aromatic carbocycles. The summed E-state index contributed by atoms with van der Waals surface area (Å²) in [5, 5.41) is 3.74. The van der Waals surface area contributed by atoms with Gasteiger partial charge in [0, 0.05) is 12.0 Å². The zero-order chi connectivity index (χ0) is 14.8. The van der Waals surface area contributed by atoms with Gasteiger partial charge in [-0.1, -0.05) is 37.3 Å². The van der Waals surface area contributed by atoms with Crippen molar-refractivity contribution in [1.29, 1.82) is 0 Å². The summed E-state index contributed by atoms with van der Waals surface area (Å²) in [6.07, 6.45) is 2.25. The van der Waals surface area contributed by atoms with Crippen LogP contribution in [0.2, 0.25) is 0 Å². The summed E-state index contributed by atoms with van der Waals surface area (Å²) in [7, 11) is 0. The molecule has 0 bridgehead atoms. The fraction of sp³-hybridized carbons (Fsp3) is 0.667. The van der Waals surface area contributed by atoms with Crippen LogP contribution in [-0.4, -0.2) is 17.7 Å². The summed E-state index contributed by atoms with van der Waals surface area (Å²) >= 11 is 0. The molecule has 20 heavy (non-hydrogen) atoms. The highest BCUT2D eigenvalue weighted by atomic mass is 16.5. The molecule has 2 unspecified atom stereocenters. The summed E-state index contributed by atoms with van der Waals surface area (Å²) in [5.41, 5.74) is 1.25. The van der Waals surface area contributed by atoms with Crippen molar-refractivity contribution in [3.05, 3.63) is 35.9 Å². The van der Waals surface area contributed by atoms with Crippen LogP contribution < -0.4 is 5.32 Å². The summed E-state index contributed by atoms with van der Waals surface area (Å²) in [5.74, 6) is 0.492. The molecule has 2 heteroatoms. The molecule has 1 aromatic rings. The van der Waals surface area contributed by atoms with Crippen LogP contribution in [0.25, 0.3) is 0 Å². The SMILES string of the molecule is CCCNC(c1ccccc1)C1CC(C)(C)OC1(C)C. The van der Waals surface area contributed by atoms with E-state index < -0.39 is 0 Å². The van der Waals surface area contributed by atoms with Crippen LogP contribution in [0, 0.1) is 5.92 Å². The van der Waals surface area contributed by atoms with E-state index in [1.807, 2.05) is 0 Å². The van der Waals surface area contributed by atoms with E-state index in [1.54, 1.807) is 0 Å². The van der Waals surface area contributed by atoms with Gasteiger partial charge in [0.1, 0.15) is 0 Å². The molecule has 2 nitrogen and oxygen atoms in total. The number of nitrogens with one attached hydrogen (secondary N) is 1. The Labute approximate surface area is 123 Å². The third-order valence-corrected chi connectivity index (χ3v) is 4.32. The molecule has 0 saturated carbocycles. The third kappa shape index (κ3) is 3.42. The molecule has 2 atom stereocenters. The van der Waals surface area contributed by atoms with Crippen molar-refractivity contribution in [2.75, 3.05) is 6.54 Å². The van der Waals surface area contributed by atoms with Gasteiger partial charge in [0.15, 0.2) is 0 Å². The monoisotopic (exact) mass is 275 g/mol. The number of benzene rings is 1. The summed E-state index contributed by atoms with van der Waals surface area (Å²) in [6, 6.07) is 11.2. The molecule has 1 heterocycles. The van der Waals surface area contributed by atoms with Crippen LogP contribution in [0.1, 0.15) is 59.1 Å². The second kappa shape index (κ2) is 5.87. The second-order valence-corrected chi connectivity index (χ2v) is 7.12. The molecule has 1 saturated heterocycles. The molecular weight excluding hydrogens is 246 g/mol. The normalized spacial score (nSPS) is 25.6. The van der Waals surface area contributed by atoms with Gasteiger partial charge in [0.2, 0.25) is 0 Å². The maximum absolute atomic E-state index is 6.29. The molecule has 1 N–H and O–H groups in total. The molecule has 0 amide bonds. The zero-order valence-corrected chi connectivity index (χ0v) is 13.6. The summed E-state index contributed by atoms with van der Waals surface area (Å²) in [6.45, 7) is 12.1. The Balaban J connectivity index is 2.27. The van der Waals surface area contributed by atoms with Crippen molar-refractivity contribution in [2.24, 2.45) is 5.92 Å². The van der Waals surface area contributed by atoms with E-state index in [9.17, 15) is 0 Å². The molecule has 0 aliphatic carbocycles. The van der Waals surface area contributed by atoms with E-state index in [0.717, 1.165) is 19.4 Å². The van der Waals surface area contributed by atoms with Gasteiger partial charge in [-0.05, 0) is 52.6 Å².